The summed E-state index contributed by atoms with van der Waals surface area (Å²) in [7, 11) is 3.51. The van der Waals surface area contributed by atoms with Gasteiger partial charge < -0.3 is 14.5 Å². The highest BCUT2D eigenvalue weighted by Gasteiger charge is 2.44. The van der Waals surface area contributed by atoms with Crippen molar-refractivity contribution >= 4 is 39.4 Å². The van der Waals surface area contributed by atoms with Crippen molar-refractivity contribution in [1.29, 1.82) is 0 Å². The molecule has 1 aromatic carbocycles. The highest BCUT2D eigenvalue weighted by atomic mass is 79.9. The largest absolute Gasteiger partial charge is 0.365 e. The summed E-state index contributed by atoms with van der Waals surface area (Å²) < 4.78 is 9.89. The Labute approximate surface area is 236 Å². The van der Waals surface area contributed by atoms with Crippen molar-refractivity contribution in [2.75, 3.05) is 31.8 Å². The number of carbonyl (C=O) groups excluding carboxylic acids is 1. The molecule has 0 N–H and O–H groups in total. The molecule has 2 aromatic heterocycles. The maximum Gasteiger partial charge on any atom is 0.273 e. The number of anilines is 1. The maximum absolute atomic E-state index is 12.5. The van der Waals surface area contributed by atoms with Gasteiger partial charge in [-0.15, -0.1) is 0 Å². The fraction of sp³-hybridized carbons (Fsp3) is 0.500. The van der Waals surface area contributed by atoms with Gasteiger partial charge in [0.05, 0.1) is 30.1 Å². The lowest BCUT2D eigenvalue weighted by Crippen LogP contribution is -2.41. The van der Waals surface area contributed by atoms with Crippen molar-refractivity contribution in [2.45, 2.75) is 69.0 Å². The van der Waals surface area contributed by atoms with Crippen LogP contribution in [0.15, 0.2) is 33.9 Å². The second kappa shape index (κ2) is 9.95. The van der Waals surface area contributed by atoms with E-state index in [-0.39, 0.29) is 11.5 Å². The molecule has 1 aliphatic carbocycles. The average molecular weight is 598 g/mol. The van der Waals surface area contributed by atoms with E-state index in [4.69, 9.17) is 14.7 Å². The van der Waals surface area contributed by atoms with E-state index in [9.17, 15) is 4.79 Å². The molecule has 1 unspecified atom stereocenters. The van der Waals surface area contributed by atoms with E-state index in [1.165, 1.54) is 11.1 Å². The van der Waals surface area contributed by atoms with Gasteiger partial charge in [-0.25, -0.2) is 9.97 Å². The second-order valence-electron chi connectivity index (χ2n) is 10.8. The zero-order chi connectivity index (χ0) is 26.6. The lowest BCUT2D eigenvalue weighted by atomic mass is 9.71. The Kier molecular flexibility index (Phi) is 6.76. The third-order valence-corrected chi connectivity index (χ3v) is 9.18. The van der Waals surface area contributed by atoms with Crippen LogP contribution < -0.4 is 4.90 Å². The van der Waals surface area contributed by atoms with Crippen LogP contribution in [0.25, 0.3) is 0 Å². The number of thioether (sulfide) groups is 1. The Morgan fingerprint density at radius 1 is 1.24 bits per heavy atom. The molecular weight excluding hydrogens is 564 g/mol. The molecule has 2 aliphatic heterocycles. The minimum atomic E-state index is -0.362. The number of amides is 1. The molecule has 0 fully saturated rings. The van der Waals surface area contributed by atoms with Crippen molar-refractivity contribution < 1.29 is 9.53 Å². The number of hydrogen-bond acceptors (Lipinski definition) is 7. The number of ether oxygens (including phenoxy) is 1. The minimum Gasteiger partial charge on any atom is -0.365 e. The van der Waals surface area contributed by atoms with Crippen molar-refractivity contribution in [3.05, 3.63) is 62.5 Å². The van der Waals surface area contributed by atoms with Gasteiger partial charge >= 0.3 is 0 Å². The molecule has 8 nitrogen and oxygen atoms in total. The number of rotatable bonds is 3. The maximum atomic E-state index is 12.5. The molecule has 10 heteroatoms. The molecule has 38 heavy (non-hydrogen) atoms. The van der Waals surface area contributed by atoms with Crippen LogP contribution in [-0.2, 0) is 36.5 Å². The second-order valence-corrected chi connectivity index (χ2v) is 12.5. The molecule has 1 amide bonds. The molecule has 4 heterocycles. The van der Waals surface area contributed by atoms with E-state index in [2.05, 4.69) is 51.1 Å². The predicted octanol–water partition coefficient (Wildman–Crippen LogP) is 5.14. The number of aryl methyl sites for hydroxylation is 1. The number of nitrogens with zero attached hydrogens (tertiary/aromatic N) is 6. The quantitative estimate of drug-likeness (QED) is 0.306. The summed E-state index contributed by atoms with van der Waals surface area (Å²) in [4.78, 5) is 26.5. The number of benzene rings is 1. The molecule has 0 radical (unpaired) electrons. The zero-order valence-electron chi connectivity index (χ0n) is 22.3. The lowest BCUT2D eigenvalue weighted by Gasteiger charge is -2.44. The monoisotopic (exact) mass is 596 g/mol. The minimum absolute atomic E-state index is 0.0753. The van der Waals surface area contributed by atoms with Crippen molar-refractivity contribution in [3.8, 4) is 0 Å². The first-order valence-electron chi connectivity index (χ1n) is 13.2. The summed E-state index contributed by atoms with van der Waals surface area (Å²) in [5.74, 6) is 1.39. The highest BCUT2D eigenvalue weighted by Crippen LogP contribution is 2.49. The first kappa shape index (κ1) is 25.8. The number of hydrogen-bond donors (Lipinski definition) is 0. The van der Waals surface area contributed by atoms with Crippen LogP contribution in [0.2, 0.25) is 0 Å². The van der Waals surface area contributed by atoms with Crippen molar-refractivity contribution in [1.82, 2.24) is 24.6 Å². The summed E-state index contributed by atoms with van der Waals surface area (Å²) in [6.45, 7) is 5.07. The van der Waals surface area contributed by atoms with Crippen LogP contribution in [0.1, 0.15) is 70.7 Å². The Hall–Kier alpha value is -2.43. The van der Waals surface area contributed by atoms with Crippen LogP contribution >= 0.6 is 27.7 Å². The highest BCUT2D eigenvalue weighted by molar-refractivity contribution is 9.10. The van der Waals surface area contributed by atoms with Crippen LogP contribution in [0, 0.1) is 0 Å². The first-order valence-corrected chi connectivity index (χ1v) is 15.2. The lowest BCUT2D eigenvalue weighted by molar-refractivity contribution is -0.0872. The zero-order valence-corrected chi connectivity index (χ0v) is 24.7. The summed E-state index contributed by atoms with van der Waals surface area (Å²) >= 11 is 5.28. The molecule has 200 valence electrons. The van der Waals surface area contributed by atoms with E-state index in [1.807, 2.05) is 17.0 Å². The number of halogens is 1. The van der Waals surface area contributed by atoms with Gasteiger partial charge in [-0.3, -0.25) is 9.48 Å². The van der Waals surface area contributed by atoms with E-state index in [1.54, 1.807) is 30.8 Å². The smallest absolute Gasteiger partial charge is 0.273 e. The summed E-state index contributed by atoms with van der Waals surface area (Å²) in [5, 5.41) is 5.39. The van der Waals surface area contributed by atoms with Crippen molar-refractivity contribution in [3.63, 3.8) is 0 Å². The average Bonchev–Trinajstić information content (AvgIpc) is 3.20. The van der Waals surface area contributed by atoms with Crippen LogP contribution in [0.5, 0.6) is 0 Å². The third kappa shape index (κ3) is 4.44. The molecular formula is C28H33BrN6O2S. The Bertz CT molecular complexity index is 1410. The van der Waals surface area contributed by atoms with E-state index in [0.717, 1.165) is 71.2 Å². The Morgan fingerprint density at radius 2 is 2.08 bits per heavy atom. The Balaban J connectivity index is 1.37. The van der Waals surface area contributed by atoms with Gasteiger partial charge in [0.1, 0.15) is 5.82 Å². The van der Waals surface area contributed by atoms with E-state index in [0.29, 0.717) is 24.8 Å². The third-order valence-electron chi connectivity index (χ3n) is 8.14. The van der Waals surface area contributed by atoms with Gasteiger partial charge in [-0.05, 0) is 60.8 Å². The van der Waals surface area contributed by atoms with E-state index < -0.39 is 0 Å². The van der Waals surface area contributed by atoms with Crippen LogP contribution in [0.3, 0.4) is 0 Å². The standard InChI is InChI=1S/C28H33BrN6O2S/c1-17-8-9-28(22-12-18(29)6-7-20(17)22)14-24-21(16-37-28)25(31-27(30-24)38-4)34-10-5-11-35-19(15-34)13-23(32-35)26(36)33(2)3/h6-7,12-13,17H,5,8-11,14-16H2,1-4H3/t17-,28?/m0/s1. The molecule has 3 aromatic rings. The van der Waals surface area contributed by atoms with Gasteiger partial charge in [0.2, 0.25) is 0 Å². The van der Waals surface area contributed by atoms with Gasteiger partial charge in [-0.2, -0.15) is 5.10 Å². The number of carbonyl (C=O) groups is 1. The first-order chi connectivity index (χ1) is 18.3. The van der Waals surface area contributed by atoms with Crippen LogP contribution in [-0.4, -0.2) is 57.5 Å². The fourth-order valence-electron chi connectivity index (χ4n) is 6.08. The molecule has 0 saturated carbocycles. The molecule has 0 saturated heterocycles. The normalized spacial score (nSPS) is 22.4. The van der Waals surface area contributed by atoms with Gasteiger partial charge in [0, 0.05) is 43.6 Å². The molecule has 0 bridgehead atoms. The molecule has 6 rings (SSSR count). The van der Waals surface area contributed by atoms with Gasteiger partial charge in [0.15, 0.2) is 10.9 Å². The van der Waals surface area contributed by atoms with Gasteiger partial charge in [0.25, 0.3) is 5.91 Å². The Morgan fingerprint density at radius 3 is 2.87 bits per heavy atom. The van der Waals surface area contributed by atoms with Gasteiger partial charge in [-0.1, -0.05) is 40.7 Å². The topological polar surface area (TPSA) is 76.4 Å². The molecule has 1 spiro atoms. The summed E-state index contributed by atoms with van der Waals surface area (Å²) in [5.41, 5.74) is 6.00. The summed E-state index contributed by atoms with van der Waals surface area (Å²) in [6.07, 6.45) is 5.78. The molecule has 2 atom stereocenters. The number of aromatic nitrogens is 4. The SMILES string of the molecule is CSc1nc2c(c(N3CCCn4nc(C(=O)N(C)C)cc4C3)n1)COC1(CC[C@H](C)c3ccc(Br)cc31)C2. The molecule has 3 aliphatic rings. The fourth-order valence-corrected chi connectivity index (χ4v) is 6.82. The van der Waals surface area contributed by atoms with E-state index >= 15 is 0 Å². The number of fused-ring (bicyclic) bond motifs is 4. The van der Waals surface area contributed by atoms with Crippen molar-refractivity contribution in [2.24, 2.45) is 0 Å². The summed E-state index contributed by atoms with van der Waals surface area (Å²) in [6, 6.07) is 8.56. The van der Waals surface area contributed by atoms with Crippen LogP contribution in [0.4, 0.5) is 5.82 Å². The predicted molar refractivity (Wildman–Crippen MR) is 152 cm³/mol.